The monoisotopic (exact) mass is 317 g/mol. The molecule has 0 aliphatic carbocycles. The maximum atomic E-state index is 12.0. The summed E-state index contributed by atoms with van der Waals surface area (Å²) in [6.45, 7) is 7.04. The SMILES string of the molecule is CCn1cc(C2CCN(CC(=O)Nc3cc(C)on3)CC2)cn1. The fourth-order valence-corrected chi connectivity index (χ4v) is 3.00. The van der Waals surface area contributed by atoms with Crippen molar-refractivity contribution in [1.82, 2.24) is 19.8 Å². The van der Waals surface area contributed by atoms with Crippen LogP contribution in [-0.2, 0) is 11.3 Å². The normalized spacial score (nSPS) is 16.6. The standard InChI is InChI=1S/C16H23N5O2/c1-3-21-10-14(9-17-21)13-4-6-20(7-5-13)11-16(22)18-15-8-12(2)23-19-15/h8-10,13H,3-7,11H2,1-2H3,(H,18,19,22). The smallest absolute Gasteiger partial charge is 0.239 e. The van der Waals surface area contributed by atoms with E-state index >= 15 is 0 Å². The van der Waals surface area contributed by atoms with Gasteiger partial charge in [-0.25, -0.2) is 0 Å². The van der Waals surface area contributed by atoms with E-state index < -0.39 is 0 Å². The summed E-state index contributed by atoms with van der Waals surface area (Å²) in [5.41, 5.74) is 1.31. The lowest BCUT2D eigenvalue weighted by Gasteiger charge is -2.30. The first-order valence-corrected chi connectivity index (χ1v) is 8.12. The fraction of sp³-hybridized carbons (Fsp3) is 0.562. The molecule has 2 aromatic heterocycles. The molecule has 1 fully saturated rings. The summed E-state index contributed by atoms with van der Waals surface area (Å²) in [6, 6.07) is 1.72. The number of nitrogens with one attached hydrogen (secondary N) is 1. The Labute approximate surface area is 135 Å². The third-order valence-electron chi connectivity index (χ3n) is 4.30. The van der Waals surface area contributed by atoms with Gasteiger partial charge in [-0.2, -0.15) is 5.10 Å². The van der Waals surface area contributed by atoms with E-state index in [0.717, 1.165) is 32.5 Å². The first-order valence-electron chi connectivity index (χ1n) is 8.12. The largest absolute Gasteiger partial charge is 0.360 e. The molecule has 1 amide bonds. The number of piperidine rings is 1. The second kappa shape index (κ2) is 6.95. The predicted molar refractivity (Wildman–Crippen MR) is 86.2 cm³/mol. The number of rotatable bonds is 5. The van der Waals surface area contributed by atoms with Gasteiger partial charge in [-0.15, -0.1) is 0 Å². The molecule has 7 heteroatoms. The molecule has 0 radical (unpaired) electrons. The van der Waals surface area contributed by atoms with Gasteiger partial charge in [-0.1, -0.05) is 5.16 Å². The van der Waals surface area contributed by atoms with Crippen LogP contribution in [0.25, 0.3) is 0 Å². The molecule has 3 rings (SSSR count). The topological polar surface area (TPSA) is 76.2 Å². The van der Waals surface area contributed by atoms with Crippen molar-refractivity contribution in [2.75, 3.05) is 25.0 Å². The molecule has 0 bridgehead atoms. The van der Waals surface area contributed by atoms with Gasteiger partial charge >= 0.3 is 0 Å². The Hall–Kier alpha value is -2.15. The highest BCUT2D eigenvalue weighted by atomic mass is 16.5. The van der Waals surface area contributed by atoms with Gasteiger partial charge in [0.1, 0.15) is 5.76 Å². The summed E-state index contributed by atoms with van der Waals surface area (Å²) in [5, 5.41) is 10.9. The van der Waals surface area contributed by atoms with E-state index in [2.05, 4.69) is 33.6 Å². The first-order chi connectivity index (χ1) is 11.1. The molecule has 1 aliphatic rings. The molecule has 1 N–H and O–H groups in total. The molecule has 2 aromatic rings. The van der Waals surface area contributed by atoms with Gasteiger partial charge in [0.25, 0.3) is 0 Å². The zero-order chi connectivity index (χ0) is 16.2. The van der Waals surface area contributed by atoms with E-state index in [1.807, 2.05) is 10.9 Å². The van der Waals surface area contributed by atoms with Crippen molar-refractivity contribution in [3.63, 3.8) is 0 Å². The van der Waals surface area contributed by atoms with Gasteiger partial charge in [0.15, 0.2) is 5.82 Å². The highest BCUT2D eigenvalue weighted by Gasteiger charge is 2.23. The van der Waals surface area contributed by atoms with E-state index in [1.54, 1.807) is 13.0 Å². The summed E-state index contributed by atoms with van der Waals surface area (Å²) in [7, 11) is 0. The second-order valence-electron chi connectivity index (χ2n) is 6.05. The number of aromatic nitrogens is 3. The van der Waals surface area contributed by atoms with Crippen LogP contribution in [0.2, 0.25) is 0 Å². The molecule has 3 heterocycles. The minimum Gasteiger partial charge on any atom is -0.360 e. The summed E-state index contributed by atoms with van der Waals surface area (Å²) in [4.78, 5) is 14.2. The van der Waals surface area contributed by atoms with Gasteiger partial charge < -0.3 is 9.84 Å². The number of amides is 1. The Bertz CT molecular complexity index is 655. The van der Waals surface area contributed by atoms with Gasteiger partial charge in [-0.05, 0) is 51.3 Å². The Kier molecular flexibility index (Phi) is 4.76. The zero-order valence-electron chi connectivity index (χ0n) is 13.7. The van der Waals surface area contributed by atoms with E-state index in [4.69, 9.17) is 4.52 Å². The van der Waals surface area contributed by atoms with Crippen LogP contribution in [0.1, 0.15) is 37.0 Å². The van der Waals surface area contributed by atoms with E-state index in [-0.39, 0.29) is 5.91 Å². The highest BCUT2D eigenvalue weighted by molar-refractivity contribution is 5.91. The molecule has 1 aliphatic heterocycles. The summed E-state index contributed by atoms with van der Waals surface area (Å²) in [6.07, 6.45) is 6.24. The molecule has 0 saturated carbocycles. The Morgan fingerprint density at radius 1 is 1.43 bits per heavy atom. The first kappa shape index (κ1) is 15.7. The molecular formula is C16H23N5O2. The Morgan fingerprint density at radius 3 is 2.83 bits per heavy atom. The van der Waals surface area contributed by atoms with Crippen LogP contribution >= 0.6 is 0 Å². The van der Waals surface area contributed by atoms with E-state index in [1.165, 1.54) is 5.56 Å². The molecule has 0 atom stereocenters. The number of carbonyl (C=O) groups is 1. The van der Waals surface area contributed by atoms with Crippen molar-refractivity contribution < 1.29 is 9.32 Å². The molecule has 7 nitrogen and oxygen atoms in total. The molecule has 124 valence electrons. The highest BCUT2D eigenvalue weighted by Crippen LogP contribution is 2.27. The van der Waals surface area contributed by atoms with Crippen LogP contribution in [0.5, 0.6) is 0 Å². The van der Waals surface area contributed by atoms with Crippen LogP contribution in [0.4, 0.5) is 5.82 Å². The molecule has 0 spiro atoms. The maximum absolute atomic E-state index is 12.0. The van der Waals surface area contributed by atoms with Crippen molar-refractivity contribution in [3.8, 4) is 0 Å². The van der Waals surface area contributed by atoms with Gasteiger partial charge in [0, 0.05) is 18.8 Å². The van der Waals surface area contributed by atoms with Gasteiger partial charge in [0.05, 0.1) is 12.7 Å². The van der Waals surface area contributed by atoms with Crippen molar-refractivity contribution in [2.24, 2.45) is 0 Å². The molecule has 1 saturated heterocycles. The zero-order valence-corrected chi connectivity index (χ0v) is 13.7. The lowest BCUT2D eigenvalue weighted by molar-refractivity contribution is -0.117. The third-order valence-corrected chi connectivity index (χ3v) is 4.30. The molecule has 0 aromatic carbocycles. The predicted octanol–water partition coefficient (Wildman–Crippen LogP) is 2.02. The van der Waals surface area contributed by atoms with Crippen LogP contribution in [-0.4, -0.2) is 45.4 Å². The van der Waals surface area contributed by atoms with Gasteiger partial charge in [-0.3, -0.25) is 14.4 Å². The number of carbonyl (C=O) groups excluding carboxylic acids is 1. The number of likely N-dealkylation sites (tertiary alicyclic amines) is 1. The number of hydrogen-bond acceptors (Lipinski definition) is 5. The summed E-state index contributed by atoms with van der Waals surface area (Å²) >= 11 is 0. The lowest BCUT2D eigenvalue weighted by atomic mass is 9.91. The molecule has 0 unspecified atom stereocenters. The fourth-order valence-electron chi connectivity index (χ4n) is 3.00. The Balaban J connectivity index is 1.46. The van der Waals surface area contributed by atoms with Crippen molar-refractivity contribution in [2.45, 2.75) is 39.2 Å². The average Bonchev–Trinajstić information content (AvgIpc) is 3.17. The van der Waals surface area contributed by atoms with Crippen LogP contribution in [0.3, 0.4) is 0 Å². The quantitative estimate of drug-likeness (QED) is 0.913. The number of anilines is 1. The van der Waals surface area contributed by atoms with Crippen molar-refractivity contribution in [3.05, 3.63) is 29.8 Å². The maximum Gasteiger partial charge on any atom is 0.239 e. The molecular weight excluding hydrogens is 294 g/mol. The van der Waals surface area contributed by atoms with E-state index in [0.29, 0.717) is 24.0 Å². The minimum absolute atomic E-state index is 0.0458. The minimum atomic E-state index is -0.0458. The Morgan fingerprint density at radius 2 is 2.22 bits per heavy atom. The number of hydrogen-bond donors (Lipinski definition) is 1. The third kappa shape index (κ3) is 3.98. The number of nitrogens with zero attached hydrogens (tertiary/aromatic N) is 4. The summed E-state index contributed by atoms with van der Waals surface area (Å²) in [5.74, 6) is 1.67. The number of aryl methyl sites for hydroxylation is 2. The lowest BCUT2D eigenvalue weighted by Crippen LogP contribution is -2.38. The summed E-state index contributed by atoms with van der Waals surface area (Å²) < 4.78 is 6.91. The van der Waals surface area contributed by atoms with Crippen molar-refractivity contribution >= 4 is 11.7 Å². The van der Waals surface area contributed by atoms with Crippen molar-refractivity contribution in [1.29, 1.82) is 0 Å². The average molecular weight is 317 g/mol. The molecule has 23 heavy (non-hydrogen) atoms. The van der Waals surface area contributed by atoms with Crippen LogP contribution < -0.4 is 5.32 Å². The van der Waals surface area contributed by atoms with Crippen LogP contribution in [0, 0.1) is 6.92 Å². The second-order valence-corrected chi connectivity index (χ2v) is 6.05. The van der Waals surface area contributed by atoms with Gasteiger partial charge in [0.2, 0.25) is 5.91 Å². The van der Waals surface area contributed by atoms with Crippen LogP contribution in [0.15, 0.2) is 23.0 Å². The van der Waals surface area contributed by atoms with E-state index in [9.17, 15) is 4.79 Å².